The molecule has 0 saturated carbocycles. The molecule has 1 aliphatic rings. The largest absolute Gasteiger partial charge is 0.370 e. The Morgan fingerprint density at radius 2 is 2.17 bits per heavy atom. The maximum Gasteiger partial charge on any atom is 0.128 e. The van der Waals surface area contributed by atoms with Crippen LogP contribution >= 0.6 is 11.3 Å². The Kier molecular flexibility index (Phi) is 2.01. The third-order valence-corrected chi connectivity index (χ3v) is 3.00. The van der Waals surface area contributed by atoms with Crippen molar-refractivity contribution in [3.05, 3.63) is 16.3 Å². The summed E-state index contributed by atoms with van der Waals surface area (Å²) in [6.45, 7) is 2.23. The van der Waals surface area contributed by atoms with Gasteiger partial charge in [-0.05, 0) is 24.3 Å². The van der Waals surface area contributed by atoms with E-state index in [1.54, 1.807) is 0 Å². The van der Waals surface area contributed by atoms with Crippen molar-refractivity contribution in [2.75, 3.05) is 18.0 Å². The fraction of sp³-hybridized carbons (Fsp3) is 0.444. The number of rotatable bonds is 1. The predicted molar refractivity (Wildman–Crippen MR) is 50.5 cm³/mol. The molecular weight excluding hydrogens is 168 g/mol. The van der Waals surface area contributed by atoms with Gasteiger partial charge < -0.3 is 4.90 Å². The molecule has 2 nitrogen and oxygen atoms in total. The van der Waals surface area contributed by atoms with Crippen LogP contribution in [0.4, 0.5) is 5.69 Å². The maximum absolute atomic E-state index is 8.80. The minimum atomic E-state index is 0.858. The molecule has 1 aliphatic heterocycles. The van der Waals surface area contributed by atoms with Gasteiger partial charge in [-0.25, -0.2) is 0 Å². The summed E-state index contributed by atoms with van der Waals surface area (Å²) in [4.78, 5) is 3.16. The summed E-state index contributed by atoms with van der Waals surface area (Å²) >= 11 is 1.53. The highest BCUT2D eigenvalue weighted by molar-refractivity contribution is 7.11. The number of thiophene rings is 1. The van der Waals surface area contributed by atoms with Gasteiger partial charge in [-0.15, -0.1) is 11.3 Å². The summed E-state index contributed by atoms with van der Waals surface area (Å²) in [6.07, 6.45) is 2.53. The number of anilines is 1. The molecule has 12 heavy (non-hydrogen) atoms. The molecule has 1 fully saturated rings. The predicted octanol–water partition coefficient (Wildman–Crippen LogP) is 2.22. The van der Waals surface area contributed by atoms with Crippen LogP contribution in [0.1, 0.15) is 17.7 Å². The van der Waals surface area contributed by atoms with Crippen LogP contribution in [0.5, 0.6) is 0 Å². The number of nitriles is 1. The van der Waals surface area contributed by atoms with Gasteiger partial charge in [-0.3, -0.25) is 0 Å². The molecule has 0 aromatic carbocycles. The van der Waals surface area contributed by atoms with Crippen LogP contribution in [0.15, 0.2) is 11.4 Å². The first-order valence-electron chi connectivity index (χ1n) is 4.14. The minimum Gasteiger partial charge on any atom is -0.370 e. The molecule has 0 N–H and O–H groups in total. The SMILES string of the molecule is N#Cc1sccc1N1CCCC1. The average molecular weight is 178 g/mol. The molecule has 1 aromatic rings. The van der Waals surface area contributed by atoms with Gasteiger partial charge >= 0.3 is 0 Å². The lowest BCUT2D eigenvalue weighted by atomic mass is 10.4. The van der Waals surface area contributed by atoms with Crippen molar-refractivity contribution in [3.8, 4) is 6.07 Å². The lowest BCUT2D eigenvalue weighted by Gasteiger charge is -2.15. The van der Waals surface area contributed by atoms with E-state index in [4.69, 9.17) is 5.26 Å². The van der Waals surface area contributed by atoms with E-state index < -0.39 is 0 Å². The Labute approximate surface area is 76.0 Å². The topological polar surface area (TPSA) is 27.0 Å². The van der Waals surface area contributed by atoms with Crippen LogP contribution in [0, 0.1) is 11.3 Å². The Morgan fingerprint density at radius 1 is 1.42 bits per heavy atom. The van der Waals surface area contributed by atoms with Crippen LogP contribution in [-0.2, 0) is 0 Å². The number of nitrogens with zero attached hydrogens (tertiary/aromatic N) is 2. The van der Waals surface area contributed by atoms with E-state index in [2.05, 4.69) is 17.0 Å². The highest BCUT2D eigenvalue weighted by Crippen LogP contribution is 2.27. The van der Waals surface area contributed by atoms with Crippen LogP contribution in [0.25, 0.3) is 0 Å². The lowest BCUT2D eigenvalue weighted by molar-refractivity contribution is 0.949. The highest BCUT2D eigenvalue weighted by atomic mass is 32.1. The van der Waals surface area contributed by atoms with Crippen molar-refractivity contribution >= 4 is 17.0 Å². The highest BCUT2D eigenvalue weighted by Gasteiger charge is 2.15. The fourth-order valence-electron chi connectivity index (χ4n) is 1.59. The first kappa shape index (κ1) is 7.63. The Balaban J connectivity index is 2.27. The molecule has 0 unspecified atom stereocenters. The van der Waals surface area contributed by atoms with E-state index >= 15 is 0 Å². The van der Waals surface area contributed by atoms with Crippen LogP contribution in [-0.4, -0.2) is 13.1 Å². The molecule has 0 atom stereocenters. The zero-order valence-corrected chi connectivity index (χ0v) is 7.60. The third kappa shape index (κ3) is 1.19. The van der Waals surface area contributed by atoms with Gasteiger partial charge in [0.1, 0.15) is 10.9 Å². The van der Waals surface area contributed by atoms with E-state index in [1.807, 2.05) is 5.38 Å². The van der Waals surface area contributed by atoms with Gasteiger partial charge in [-0.2, -0.15) is 5.26 Å². The van der Waals surface area contributed by atoms with E-state index in [0.717, 1.165) is 23.7 Å². The summed E-state index contributed by atoms with van der Waals surface area (Å²) in [5.41, 5.74) is 1.14. The second kappa shape index (κ2) is 3.16. The normalized spacial score (nSPS) is 16.4. The Morgan fingerprint density at radius 3 is 2.83 bits per heavy atom. The van der Waals surface area contributed by atoms with Crippen LogP contribution < -0.4 is 4.90 Å². The van der Waals surface area contributed by atoms with Crippen molar-refractivity contribution in [2.24, 2.45) is 0 Å². The first-order chi connectivity index (χ1) is 5.92. The molecule has 1 saturated heterocycles. The summed E-state index contributed by atoms with van der Waals surface area (Å²) in [6, 6.07) is 4.28. The Hall–Kier alpha value is -1.01. The molecule has 0 aliphatic carbocycles. The average Bonchev–Trinajstić information content (AvgIpc) is 2.74. The molecule has 2 rings (SSSR count). The molecular formula is C9H10N2S. The van der Waals surface area contributed by atoms with Gasteiger partial charge in [0, 0.05) is 13.1 Å². The quantitative estimate of drug-likeness (QED) is 0.659. The molecule has 3 heteroatoms. The Bertz CT molecular complexity index is 305. The fourth-order valence-corrected chi connectivity index (χ4v) is 2.30. The van der Waals surface area contributed by atoms with Crippen molar-refractivity contribution in [1.82, 2.24) is 0 Å². The molecule has 0 amide bonds. The van der Waals surface area contributed by atoms with Gasteiger partial charge in [0.15, 0.2) is 0 Å². The molecule has 2 heterocycles. The minimum absolute atomic E-state index is 0.858. The van der Waals surface area contributed by atoms with Gasteiger partial charge in [0.2, 0.25) is 0 Å². The number of hydrogen-bond donors (Lipinski definition) is 0. The van der Waals surface area contributed by atoms with E-state index in [9.17, 15) is 0 Å². The monoisotopic (exact) mass is 178 g/mol. The van der Waals surface area contributed by atoms with Crippen LogP contribution in [0.2, 0.25) is 0 Å². The van der Waals surface area contributed by atoms with Crippen molar-refractivity contribution < 1.29 is 0 Å². The molecule has 1 aromatic heterocycles. The summed E-state index contributed by atoms with van der Waals surface area (Å²) in [7, 11) is 0. The summed E-state index contributed by atoms with van der Waals surface area (Å²) < 4.78 is 0. The van der Waals surface area contributed by atoms with Crippen molar-refractivity contribution in [2.45, 2.75) is 12.8 Å². The molecule has 0 spiro atoms. The first-order valence-corrected chi connectivity index (χ1v) is 5.02. The van der Waals surface area contributed by atoms with E-state index in [-0.39, 0.29) is 0 Å². The van der Waals surface area contributed by atoms with Crippen molar-refractivity contribution in [3.63, 3.8) is 0 Å². The standard InChI is InChI=1S/C9H10N2S/c10-7-9-8(3-6-12-9)11-4-1-2-5-11/h3,6H,1-2,4-5H2. The summed E-state index contributed by atoms with van der Waals surface area (Å²) in [5, 5.41) is 10.8. The summed E-state index contributed by atoms with van der Waals surface area (Å²) in [5.74, 6) is 0. The smallest absolute Gasteiger partial charge is 0.128 e. The zero-order valence-electron chi connectivity index (χ0n) is 6.79. The van der Waals surface area contributed by atoms with Gasteiger partial charge in [0.25, 0.3) is 0 Å². The number of hydrogen-bond acceptors (Lipinski definition) is 3. The molecule has 62 valence electrons. The van der Waals surface area contributed by atoms with E-state index in [1.165, 1.54) is 24.2 Å². The van der Waals surface area contributed by atoms with E-state index in [0.29, 0.717) is 0 Å². The van der Waals surface area contributed by atoms with Crippen LogP contribution in [0.3, 0.4) is 0 Å². The molecule has 0 radical (unpaired) electrons. The second-order valence-electron chi connectivity index (χ2n) is 2.94. The third-order valence-electron chi connectivity index (χ3n) is 2.19. The lowest BCUT2D eigenvalue weighted by Crippen LogP contribution is -2.17. The van der Waals surface area contributed by atoms with Gasteiger partial charge in [-0.1, -0.05) is 0 Å². The zero-order chi connectivity index (χ0) is 8.39. The van der Waals surface area contributed by atoms with Gasteiger partial charge in [0.05, 0.1) is 5.69 Å². The van der Waals surface area contributed by atoms with Crippen molar-refractivity contribution in [1.29, 1.82) is 5.26 Å². The molecule has 0 bridgehead atoms. The maximum atomic E-state index is 8.80. The second-order valence-corrected chi connectivity index (χ2v) is 3.86.